The van der Waals surface area contributed by atoms with Gasteiger partial charge in [-0.05, 0) is 51.7 Å². The van der Waals surface area contributed by atoms with Crippen LogP contribution >= 0.6 is 0 Å². The summed E-state index contributed by atoms with van der Waals surface area (Å²) in [7, 11) is 1.98. The van der Waals surface area contributed by atoms with Crippen LogP contribution in [-0.2, 0) is 16.6 Å². The van der Waals surface area contributed by atoms with Gasteiger partial charge in [0.25, 0.3) is 6.01 Å². The summed E-state index contributed by atoms with van der Waals surface area (Å²) in [6, 6.07) is 6.61. The van der Waals surface area contributed by atoms with E-state index in [1.807, 2.05) is 43.7 Å². The van der Waals surface area contributed by atoms with Crippen LogP contribution in [0.1, 0.15) is 46.5 Å². The topological polar surface area (TPSA) is 74.6 Å². The van der Waals surface area contributed by atoms with Gasteiger partial charge < -0.3 is 19.5 Å². The summed E-state index contributed by atoms with van der Waals surface area (Å²) in [6.07, 6.45) is 4.16. The van der Waals surface area contributed by atoms with E-state index in [0.717, 1.165) is 42.5 Å². The molecule has 1 atom stereocenters. The third kappa shape index (κ3) is 5.16. The van der Waals surface area contributed by atoms with E-state index in [1.54, 1.807) is 0 Å². The van der Waals surface area contributed by atoms with Gasteiger partial charge in [-0.3, -0.25) is 9.36 Å². The largest absolute Gasteiger partial charge is 0.494 e. The summed E-state index contributed by atoms with van der Waals surface area (Å²) in [5, 5.41) is 2.85. The Morgan fingerprint density at radius 2 is 2.00 bits per heavy atom. The van der Waals surface area contributed by atoms with E-state index in [1.165, 1.54) is 6.92 Å². The Labute approximate surface area is 166 Å². The van der Waals surface area contributed by atoms with Gasteiger partial charge in [0.1, 0.15) is 11.9 Å². The van der Waals surface area contributed by atoms with Crippen molar-refractivity contribution in [1.29, 1.82) is 0 Å². The zero-order valence-electron chi connectivity index (χ0n) is 17.2. The molecule has 1 aliphatic carbocycles. The molecule has 3 rings (SSSR count). The molecule has 0 aliphatic heterocycles. The third-order valence-corrected chi connectivity index (χ3v) is 5.05. The van der Waals surface area contributed by atoms with Crippen LogP contribution < -0.4 is 14.8 Å². The number of carbonyl (C=O) groups is 1. The van der Waals surface area contributed by atoms with E-state index in [0.29, 0.717) is 19.2 Å². The maximum absolute atomic E-state index is 11.1. The number of carbonyl (C=O) groups excluding carboxylic acids is 1. The summed E-state index contributed by atoms with van der Waals surface area (Å²) in [5.74, 6) is 0.801. The molecule has 7 nitrogen and oxygen atoms in total. The standard InChI is InChI=1S/C21H31N3O4/c1-5-26-18-10-11-20-19(12-18)23-21(24(20)4)28-17-8-6-16(7-9-17)27-13-14(2)22-15(3)25/h10-12,14,16-17H,5-9,13H2,1-4H3,(H,22,25)/t14-,16?,17?/m0/s1. The Kier molecular flexibility index (Phi) is 6.78. The Balaban J connectivity index is 1.52. The molecule has 7 heteroatoms. The molecule has 1 fully saturated rings. The monoisotopic (exact) mass is 389 g/mol. The Hall–Kier alpha value is -2.28. The Morgan fingerprint density at radius 1 is 1.29 bits per heavy atom. The fourth-order valence-electron chi connectivity index (χ4n) is 3.65. The van der Waals surface area contributed by atoms with E-state index in [2.05, 4.69) is 10.3 Å². The Bertz CT molecular complexity index is 796. The lowest BCUT2D eigenvalue weighted by molar-refractivity contribution is -0.120. The average Bonchev–Trinajstić information content (AvgIpc) is 2.96. The van der Waals surface area contributed by atoms with Gasteiger partial charge in [0.05, 0.1) is 30.4 Å². The summed E-state index contributed by atoms with van der Waals surface area (Å²) < 4.78 is 19.7. The molecule has 0 unspecified atom stereocenters. The number of rotatable bonds is 8. The van der Waals surface area contributed by atoms with Crippen molar-refractivity contribution in [3.8, 4) is 11.8 Å². The third-order valence-electron chi connectivity index (χ3n) is 5.05. The number of ether oxygens (including phenoxy) is 3. The maximum atomic E-state index is 11.1. The molecular formula is C21H31N3O4. The minimum absolute atomic E-state index is 0.0240. The van der Waals surface area contributed by atoms with Crippen molar-refractivity contribution in [2.24, 2.45) is 7.05 Å². The highest BCUT2D eigenvalue weighted by molar-refractivity contribution is 5.78. The average molecular weight is 389 g/mol. The first kappa shape index (κ1) is 20.5. The van der Waals surface area contributed by atoms with Crippen LogP contribution in [0.2, 0.25) is 0 Å². The lowest BCUT2D eigenvalue weighted by Crippen LogP contribution is -2.37. The predicted octanol–water partition coefficient (Wildman–Crippen LogP) is 3.20. The summed E-state index contributed by atoms with van der Waals surface area (Å²) >= 11 is 0. The van der Waals surface area contributed by atoms with Crippen LogP contribution in [-0.4, -0.2) is 46.9 Å². The van der Waals surface area contributed by atoms with Gasteiger partial charge in [-0.1, -0.05) is 0 Å². The van der Waals surface area contributed by atoms with Crippen molar-refractivity contribution in [1.82, 2.24) is 14.9 Å². The number of amides is 1. The lowest BCUT2D eigenvalue weighted by Gasteiger charge is -2.29. The van der Waals surface area contributed by atoms with Gasteiger partial charge in [0, 0.05) is 26.1 Å². The zero-order valence-corrected chi connectivity index (χ0v) is 17.2. The van der Waals surface area contributed by atoms with Crippen LogP contribution in [0.15, 0.2) is 18.2 Å². The van der Waals surface area contributed by atoms with Crippen LogP contribution in [0.5, 0.6) is 11.8 Å². The van der Waals surface area contributed by atoms with Gasteiger partial charge in [-0.2, -0.15) is 4.98 Å². The highest BCUT2D eigenvalue weighted by atomic mass is 16.5. The number of imidazole rings is 1. The molecule has 1 heterocycles. The molecule has 154 valence electrons. The maximum Gasteiger partial charge on any atom is 0.297 e. The molecule has 28 heavy (non-hydrogen) atoms. The lowest BCUT2D eigenvalue weighted by atomic mass is 9.95. The fourth-order valence-corrected chi connectivity index (χ4v) is 3.65. The second-order valence-electron chi connectivity index (χ2n) is 7.49. The molecule has 2 aromatic rings. The van der Waals surface area contributed by atoms with Crippen molar-refractivity contribution in [2.45, 2.75) is 64.7 Å². The summed E-state index contributed by atoms with van der Waals surface area (Å²) in [5.41, 5.74) is 1.91. The normalized spacial score (nSPS) is 20.7. The molecule has 1 aromatic carbocycles. The summed E-state index contributed by atoms with van der Waals surface area (Å²) in [4.78, 5) is 15.7. The van der Waals surface area contributed by atoms with E-state index < -0.39 is 0 Å². The molecule has 1 saturated carbocycles. The molecule has 0 radical (unpaired) electrons. The number of aryl methyl sites for hydroxylation is 1. The molecule has 1 aromatic heterocycles. The zero-order chi connectivity index (χ0) is 20.1. The van der Waals surface area contributed by atoms with Crippen molar-refractivity contribution in [3.63, 3.8) is 0 Å². The van der Waals surface area contributed by atoms with Gasteiger partial charge in [0.15, 0.2) is 0 Å². The van der Waals surface area contributed by atoms with Gasteiger partial charge in [0.2, 0.25) is 5.91 Å². The molecule has 0 spiro atoms. The first-order valence-corrected chi connectivity index (χ1v) is 10.1. The van der Waals surface area contributed by atoms with Crippen LogP contribution in [0.4, 0.5) is 0 Å². The SMILES string of the molecule is CCOc1ccc2c(c1)nc(OC1CCC(OC[C@H](C)NC(C)=O)CC1)n2C. The van der Waals surface area contributed by atoms with Gasteiger partial charge >= 0.3 is 0 Å². The second kappa shape index (κ2) is 9.28. The first-order valence-electron chi connectivity index (χ1n) is 10.1. The molecule has 1 N–H and O–H groups in total. The minimum atomic E-state index is -0.0240. The number of nitrogens with one attached hydrogen (secondary N) is 1. The fraction of sp³-hybridized carbons (Fsp3) is 0.619. The van der Waals surface area contributed by atoms with E-state index in [4.69, 9.17) is 14.2 Å². The highest BCUT2D eigenvalue weighted by Crippen LogP contribution is 2.28. The van der Waals surface area contributed by atoms with E-state index >= 15 is 0 Å². The van der Waals surface area contributed by atoms with Crippen LogP contribution in [0.25, 0.3) is 11.0 Å². The Morgan fingerprint density at radius 3 is 2.68 bits per heavy atom. The number of hydrogen-bond acceptors (Lipinski definition) is 5. The summed E-state index contributed by atoms with van der Waals surface area (Å²) in [6.45, 7) is 6.63. The highest BCUT2D eigenvalue weighted by Gasteiger charge is 2.25. The molecule has 1 amide bonds. The van der Waals surface area contributed by atoms with Crippen molar-refractivity contribution in [2.75, 3.05) is 13.2 Å². The van der Waals surface area contributed by atoms with Crippen LogP contribution in [0, 0.1) is 0 Å². The minimum Gasteiger partial charge on any atom is -0.494 e. The number of nitrogens with zero attached hydrogens (tertiary/aromatic N) is 2. The first-order chi connectivity index (χ1) is 13.5. The molecular weight excluding hydrogens is 358 g/mol. The molecule has 1 aliphatic rings. The van der Waals surface area contributed by atoms with Gasteiger partial charge in [-0.15, -0.1) is 0 Å². The second-order valence-corrected chi connectivity index (χ2v) is 7.49. The van der Waals surface area contributed by atoms with Crippen molar-refractivity contribution >= 4 is 16.9 Å². The van der Waals surface area contributed by atoms with Crippen molar-refractivity contribution in [3.05, 3.63) is 18.2 Å². The van der Waals surface area contributed by atoms with E-state index in [-0.39, 0.29) is 24.2 Å². The number of benzene rings is 1. The number of aromatic nitrogens is 2. The van der Waals surface area contributed by atoms with Gasteiger partial charge in [-0.25, -0.2) is 0 Å². The molecule has 0 saturated heterocycles. The molecule has 0 bridgehead atoms. The van der Waals surface area contributed by atoms with Crippen molar-refractivity contribution < 1.29 is 19.0 Å². The van der Waals surface area contributed by atoms with E-state index in [9.17, 15) is 4.79 Å². The quantitative estimate of drug-likeness (QED) is 0.750. The van der Waals surface area contributed by atoms with Crippen LogP contribution in [0.3, 0.4) is 0 Å². The predicted molar refractivity (Wildman–Crippen MR) is 108 cm³/mol. The number of hydrogen-bond donors (Lipinski definition) is 1. The number of fused-ring (bicyclic) bond motifs is 1. The smallest absolute Gasteiger partial charge is 0.297 e.